The van der Waals surface area contributed by atoms with Gasteiger partial charge in [-0.25, -0.2) is 8.42 Å². The Morgan fingerprint density at radius 2 is 1.81 bits per heavy atom. The number of hydrogen-bond acceptors (Lipinski definition) is 3. The molecule has 2 aromatic carbocycles. The third-order valence-corrected chi connectivity index (χ3v) is 6.66. The summed E-state index contributed by atoms with van der Waals surface area (Å²) in [5, 5.41) is 2.98. The second kappa shape index (κ2) is 7.91. The number of hydrogen-bond donors (Lipinski definition) is 1. The van der Waals surface area contributed by atoms with Crippen molar-refractivity contribution >= 4 is 21.6 Å². The molecule has 0 radical (unpaired) electrons. The molecule has 1 saturated heterocycles. The second-order valence-electron chi connectivity index (χ2n) is 6.51. The van der Waals surface area contributed by atoms with Gasteiger partial charge in [-0.15, -0.1) is 0 Å². The van der Waals surface area contributed by atoms with Gasteiger partial charge in [0.2, 0.25) is 10.0 Å². The maximum absolute atomic E-state index is 12.4. The van der Waals surface area contributed by atoms with E-state index in [-0.39, 0.29) is 17.6 Å². The fraction of sp³-hybridized carbons (Fsp3) is 0.350. The first kappa shape index (κ1) is 18.5. The molecule has 0 saturated carbocycles. The largest absolute Gasteiger partial charge is 0.351 e. The molecule has 1 N–H and O–H groups in total. The quantitative estimate of drug-likeness (QED) is 0.847. The lowest BCUT2D eigenvalue weighted by Gasteiger charge is -2.18. The third-order valence-electron chi connectivity index (χ3n) is 4.79. The zero-order valence-corrected chi connectivity index (χ0v) is 15.7. The van der Waals surface area contributed by atoms with Gasteiger partial charge in [-0.05, 0) is 42.7 Å². The van der Waals surface area contributed by atoms with Gasteiger partial charge in [0.05, 0.1) is 11.4 Å². The van der Waals surface area contributed by atoms with Crippen LogP contribution in [-0.2, 0) is 10.0 Å². The molecule has 0 bridgehead atoms. The van der Waals surface area contributed by atoms with Crippen LogP contribution in [0.1, 0.15) is 41.6 Å². The highest BCUT2D eigenvalue weighted by Crippen LogP contribution is 2.24. The van der Waals surface area contributed by atoms with Crippen molar-refractivity contribution in [2.75, 3.05) is 23.1 Å². The Morgan fingerprint density at radius 3 is 2.38 bits per heavy atom. The van der Waals surface area contributed by atoms with Crippen LogP contribution in [0.3, 0.4) is 0 Å². The van der Waals surface area contributed by atoms with Crippen LogP contribution in [0.2, 0.25) is 0 Å². The number of benzene rings is 2. The van der Waals surface area contributed by atoms with Crippen LogP contribution in [0.4, 0.5) is 5.69 Å². The van der Waals surface area contributed by atoms with Crippen molar-refractivity contribution < 1.29 is 13.2 Å². The van der Waals surface area contributed by atoms with Crippen molar-refractivity contribution in [3.8, 4) is 0 Å². The minimum absolute atomic E-state index is 0.143. The first-order valence-corrected chi connectivity index (χ1v) is 10.6. The number of nitrogens with zero attached hydrogens (tertiary/aromatic N) is 1. The SMILES string of the molecule is CC[C@H](CNC(=O)c1ccc(N2CCCS2(=O)=O)cc1)c1ccccc1. The van der Waals surface area contributed by atoms with E-state index in [2.05, 4.69) is 24.4 Å². The summed E-state index contributed by atoms with van der Waals surface area (Å²) >= 11 is 0. The summed E-state index contributed by atoms with van der Waals surface area (Å²) in [6, 6.07) is 16.9. The van der Waals surface area contributed by atoms with E-state index in [9.17, 15) is 13.2 Å². The Labute approximate surface area is 155 Å². The van der Waals surface area contributed by atoms with Crippen LogP contribution < -0.4 is 9.62 Å². The third kappa shape index (κ3) is 4.07. The topological polar surface area (TPSA) is 66.5 Å². The van der Waals surface area contributed by atoms with Gasteiger partial charge in [0.15, 0.2) is 0 Å². The van der Waals surface area contributed by atoms with Crippen molar-refractivity contribution in [3.63, 3.8) is 0 Å². The Kier molecular flexibility index (Phi) is 5.61. The molecule has 0 aliphatic carbocycles. The number of rotatable bonds is 6. The smallest absolute Gasteiger partial charge is 0.251 e. The molecule has 138 valence electrons. The van der Waals surface area contributed by atoms with Crippen molar-refractivity contribution in [3.05, 3.63) is 65.7 Å². The standard InChI is InChI=1S/C20H24N2O3S/c1-2-16(17-7-4-3-5-8-17)15-21-20(23)18-9-11-19(12-10-18)22-13-6-14-26(22,24)25/h3-5,7-12,16H,2,6,13-15H2,1H3,(H,21,23)/t16-/m1/s1. The van der Waals surface area contributed by atoms with Gasteiger partial charge >= 0.3 is 0 Å². The maximum Gasteiger partial charge on any atom is 0.251 e. The summed E-state index contributed by atoms with van der Waals surface area (Å²) in [5.41, 5.74) is 2.37. The van der Waals surface area contributed by atoms with E-state index >= 15 is 0 Å². The highest BCUT2D eigenvalue weighted by molar-refractivity contribution is 7.93. The Morgan fingerprint density at radius 1 is 1.12 bits per heavy atom. The highest BCUT2D eigenvalue weighted by Gasteiger charge is 2.28. The van der Waals surface area contributed by atoms with E-state index in [1.165, 1.54) is 9.87 Å². The van der Waals surface area contributed by atoms with Gasteiger partial charge in [0.1, 0.15) is 0 Å². The van der Waals surface area contributed by atoms with Crippen molar-refractivity contribution in [2.24, 2.45) is 0 Å². The van der Waals surface area contributed by atoms with Gasteiger partial charge in [-0.2, -0.15) is 0 Å². The lowest BCUT2D eigenvalue weighted by molar-refractivity contribution is 0.0951. The molecule has 0 unspecified atom stereocenters. The predicted molar refractivity (Wildman–Crippen MR) is 104 cm³/mol. The molecule has 1 atom stereocenters. The number of anilines is 1. The summed E-state index contributed by atoms with van der Waals surface area (Å²) in [7, 11) is -3.20. The van der Waals surface area contributed by atoms with Crippen LogP contribution in [0.5, 0.6) is 0 Å². The summed E-state index contributed by atoms with van der Waals surface area (Å²) in [6.45, 7) is 3.18. The first-order valence-electron chi connectivity index (χ1n) is 8.95. The molecule has 1 heterocycles. The zero-order valence-electron chi connectivity index (χ0n) is 14.9. The Balaban J connectivity index is 1.63. The molecule has 1 aliphatic heterocycles. The molecule has 5 nitrogen and oxygen atoms in total. The molecule has 3 rings (SSSR count). The first-order chi connectivity index (χ1) is 12.5. The van der Waals surface area contributed by atoms with Crippen LogP contribution in [0.15, 0.2) is 54.6 Å². The lowest BCUT2D eigenvalue weighted by atomic mass is 9.96. The molecular formula is C20H24N2O3S. The van der Waals surface area contributed by atoms with Crippen LogP contribution >= 0.6 is 0 Å². The normalized spacial score (nSPS) is 17.0. The molecule has 1 aliphatic rings. The summed E-state index contributed by atoms with van der Waals surface area (Å²) in [6.07, 6.45) is 1.58. The summed E-state index contributed by atoms with van der Waals surface area (Å²) < 4.78 is 25.4. The number of carbonyl (C=O) groups excluding carboxylic acids is 1. The molecular weight excluding hydrogens is 348 g/mol. The number of nitrogens with one attached hydrogen (secondary N) is 1. The monoisotopic (exact) mass is 372 g/mol. The number of sulfonamides is 1. The molecule has 0 aromatic heterocycles. The van der Waals surface area contributed by atoms with Gasteiger partial charge in [-0.1, -0.05) is 37.3 Å². The van der Waals surface area contributed by atoms with E-state index in [0.717, 1.165) is 6.42 Å². The predicted octanol–water partition coefficient (Wildman–Crippen LogP) is 3.15. The number of carbonyl (C=O) groups is 1. The Hall–Kier alpha value is -2.34. The molecule has 1 amide bonds. The minimum Gasteiger partial charge on any atom is -0.351 e. The number of amides is 1. The second-order valence-corrected chi connectivity index (χ2v) is 8.53. The zero-order chi connectivity index (χ0) is 18.6. The van der Waals surface area contributed by atoms with Crippen LogP contribution in [0, 0.1) is 0 Å². The van der Waals surface area contributed by atoms with Gasteiger partial charge in [0, 0.05) is 24.6 Å². The fourth-order valence-electron chi connectivity index (χ4n) is 3.25. The fourth-order valence-corrected chi connectivity index (χ4v) is 4.81. The van der Waals surface area contributed by atoms with E-state index in [0.29, 0.717) is 30.8 Å². The van der Waals surface area contributed by atoms with E-state index < -0.39 is 10.0 Å². The van der Waals surface area contributed by atoms with Gasteiger partial charge in [-0.3, -0.25) is 9.10 Å². The van der Waals surface area contributed by atoms with Crippen molar-refractivity contribution in [2.45, 2.75) is 25.7 Å². The molecule has 6 heteroatoms. The van der Waals surface area contributed by atoms with Crippen LogP contribution in [-0.4, -0.2) is 33.2 Å². The molecule has 1 fully saturated rings. The minimum atomic E-state index is -3.20. The van der Waals surface area contributed by atoms with Crippen LogP contribution in [0.25, 0.3) is 0 Å². The average Bonchev–Trinajstić information content (AvgIpc) is 3.02. The lowest BCUT2D eigenvalue weighted by Crippen LogP contribution is -2.28. The molecule has 0 spiro atoms. The van der Waals surface area contributed by atoms with E-state index in [1.54, 1.807) is 24.3 Å². The van der Waals surface area contributed by atoms with Crippen molar-refractivity contribution in [1.29, 1.82) is 0 Å². The Bertz CT molecular complexity index is 848. The highest BCUT2D eigenvalue weighted by atomic mass is 32.2. The van der Waals surface area contributed by atoms with Gasteiger partial charge in [0.25, 0.3) is 5.91 Å². The average molecular weight is 372 g/mol. The maximum atomic E-state index is 12.4. The molecule has 26 heavy (non-hydrogen) atoms. The summed E-state index contributed by atoms with van der Waals surface area (Å²) in [5.74, 6) is 0.317. The van der Waals surface area contributed by atoms with E-state index in [4.69, 9.17) is 0 Å². The molecule has 2 aromatic rings. The van der Waals surface area contributed by atoms with Crippen molar-refractivity contribution in [1.82, 2.24) is 5.32 Å². The summed E-state index contributed by atoms with van der Waals surface area (Å²) in [4.78, 5) is 12.4. The van der Waals surface area contributed by atoms with Gasteiger partial charge < -0.3 is 5.32 Å². The van der Waals surface area contributed by atoms with E-state index in [1.807, 2.05) is 18.2 Å².